The Hall–Kier alpha value is -1.31. The van der Waals surface area contributed by atoms with Crippen LogP contribution in [0, 0.1) is 0 Å². The van der Waals surface area contributed by atoms with E-state index in [4.69, 9.17) is 5.11 Å². The minimum Gasteiger partial charge on any atom is -0.395 e. The van der Waals surface area contributed by atoms with Gasteiger partial charge in [0.2, 0.25) is 0 Å². The molecule has 0 bridgehead atoms. The van der Waals surface area contributed by atoms with E-state index >= 15 is 0 Å². The average molecular weight is 284 g/mol. The lowest BCUT2D eigenvalue weighted by Crippen LogP contribution is -2.32. The molecule has 0 aromatic carbocycles. The van der Waals surface area contributed by atoms with Crippen LogP contribution in [0.25, 0.3) is 6.08 Å². The molecule has 19 heavy (non-hydrogen) atoms. The molecule has 0 saturated carbocycles. The fourth-order valence-corrected chi connectivity index (χ4v) is 3.44. The summed E-state index contributed by atoms with van der Waals surface area (Å²) in [6, 6.07) is 0. The van der Waals surface area contributed by atoms with Crippen molar-refractivity contribution in [3.05, 3.63) is 38.7 Å². The first kappa shape index (κ1) is 14.1. The van der Waals surface area contributed by atoms with Crippen molar-refractivity contribution in [2.24, 2.45) is 0 Å². The van der Waals surface area contributed by atoms with Crippen molar-refractivity contribution in [2.75, 3.05) is 6.61 Å². The highest BCUT2D eigenvalue weighted by Crippen LogP contribution is 2.40. The Morgan fingerprint density at radius 2 is 2.32 bits per heavy atom. The van der Waals surface area contributed by atoms with Crippen LogP contribution in [0.1, 0.15) is 24.3 Å². The fourth-order valence-electron chi connectivity index (χ4n) is 2.06. The van der Waals surface area contributed by atoms with E-state index < -0.39 is 17.4 Å². The van der Waals surface area contributed by atoms with E-state index in [9.17, 15) is 14.7 Å². The van der Waals surface area contributed by atoms with Crippen LogP contribution in [0.3, 0.4) is 0 Å². The van der Waals surface area contributed by atoms with Crippen molar-refractivity contribution < 1.29 is 10.2 Å². The number of nitrogens with zero attached hydrogens (tertiary/aromatic N) is 1. The van der Waals surface area contributed by atoms with Gasteiger partial charge in [-0.25, -0.2) is 4.79 Å². The summed E-state index contributed by atoms with van der Waals surface area (Å²) in [6.07, 6.45) is 4.55. The first-order valence-electron chi connectivity index (χ1n) is 5.99. The standard InChI is InChI=1S/C12H16N2O4S/c1-2-3-7-5-14(12(18)13-11(7)17)10-4-8(16)9(6-15)19-10/h2-3,5,8-10,15-16H,4,6H2,1H3,(H,13,17,18)/t8-,9+,10+/m0/s1. The van der Waals surface area contributed by atoms with Gasteiger partial charge >= 0.3 is 5.69 Å². The van der Waals surface area contributed by atoms with E-state index in [0.29, 0.717) is 12.0 Å². The van der Waals surface area contributed by atoms with Crippen LogP contribution in [0.5, 0.6) is 0 Å². The number of hydrogen-bond acceptors (Lipinski definition) is 5. The van der Waals surface area contributed by atoms with Gasteiger partial charge in [0.1, 0.15) is 0 Å². The number of nitrogens with one attached hydrogen (secondary N) is 1. The Labute approximate surface area is 113 Å². The van der Waals surface area contributed by atoms with Gasteiger partial charge in [-0.15, -0.1) is 11.8 Å². The number of aliphatic hydroxyl groups excluding tert-OH is 2. The van der Waals surface area contributed by atoms with Crippen molar-refractivity contribution in [2.45, 2.75) is 30.1 Å². The first-order chi connectivity index (χ1) is 9.06. The topological polar surface area (TPSA) is 95.3 Å². The minimum atomic E-state index is -0.649. The summed E-state index contributed by atoms with van der Waals surface area (Å²) in [6.45, 7) is 1.65. The predicted molar refractivity (Wildman–Crippen MR) is 74.2 cm³/mol. The number of H-pyrrole nitrogens is 1. The molecule has 0 radical (unpaired) electrons. The zero-order chi connectivity index (χ0) is 14.0. The van der Waals surface area contributed by atoms with Gasteiger partial charge in [0.05, 0.1) is 28.9 Å². The van der Waals surface area contributed by atoms with Crippen LogP contribution >= 0.6 is 11.8 Å². The second-order valence-electron chi connectivity index (χ2n) is 4.37. The van der Waals surface area contributed by atoms with E-state index in [1.165, 1.54) is 22.5 Å². The van der Waals surface area contributed by atoms with Gasteiger partial charge in [0, 0.05) is 12.6 Å². The van der Waals surface area contributed by atoms with Gasteiger partial charge in [-0.2, -0.15) is 0 Å². The molecule has 6 nitrogen and oxygen atoms in total. The molecule has 104 valence electrons. The molecule has 1 aliphatic heterocycles. The van der Waals surface area contributed by atoms with E-state index in [1.54, 1.807) is 19.1 Å². The quantitative estimate of drug-likeness (QED) is 0.722. The number of thioether (sulfide) groups is 1. The van der Waals surface area contributed by atoms with E-state index in [1.807, 2.05) is 0 Å². The average Bonchev–Trinajstić information content (AvgIpc) is 2.74. The lowest BCUT2D eigenvalue weighted by molar-refractivity contribution is 0.137. The highest BCUT2D eigenvalue weighted by molar-refractivity contribution is 8.00. The summed E-state index contributed by atoms with van der Waals surface area (Å²) in [7, 11) is 0. The second-order valence-corrected chi connectivity index (χ2v) is 5.79. The molecule has 2 rings (SSSR count). The number of rotatable bonds is 3. The first-order valence-corrected chi connectivity index (χ1v) is 6.93. The third-order valence-corrected chi connectivity index (χ3v) is 4.58. The molecular formula is C12H16N2O4S. The van der Waals surface area contributed by atoms with Crippen molar-refractivity contribution in [3.63, 3.8) is 0 Å². The minimum absolute atomic E-state index is 0.137. The Bertz CT molecular complexity index is 592. The van der Waals surface area contributed by atoms with E-state index in [-0.39, 0.29) is 17.2 Å². The summed E-state index contributed by atoms with van der Waals surface area (Å²) >= 11 is 1.34. The molecule has 0 amide bonds. The molecule has 0 unspecified atom stereocenters. The van der Waals surface area contributed by atoms with E-state index in [0.717, 1.165) is 0 Å². The van der Waals surface area contributed by atoms with E-state index in [2.05, 4.69) is 4.98 Å². The molecule has 1 aromatic heterocycles. The third-order valence-electron chi connectivity index (χ3n) is 3.04. The largest absolute Gasteiger partial charge is 0.395 e. The highest BCUT2D eigenvalue weighted by atomic mass is 32.2. The predicted octanol–water partition coefficient (Wildman–Crippen LogP) is -0.0730. The van der Waals surface area contributed by atoms with Crippen LogP contribution < -0.4 is 11.2 Å². The number of aromatic nitrogens is 2. The van der Waals surface area contributed by atoms with Crippen molar-refractivity contribution >= 4 is 17.8 Å². The SMILES string of the molecule is CC=Cc1cn([C@H]2C[C@H](O)[C@@H](CO)S2)c(=O)[nH]c1=O. The van der Waals surface area contributed by atoms with Crippen molar-refractivity contribution in [1.29, 1.82) is 0 Å². The summed E-state index contributed by atoms with van der Waals surface area (Å²) in [5.41, 5.74) is -0.534. The molecule has 0 spiro atoms. The maximum atomic E-state index is 11.8. The zero-order valence-electron chi connectivity index (χ0n) is 10.4. The number of hydrogen-bond donors (Lipinski definition) is 3. The van der Waals surface area contributed by atoms with Gasteiger partial charge < -0.3 is 10.2 Å². The monoisotopic (exact) mass is 284 g/mol. The van der Waals surface area contributed by atoms with Crippen LogP contribution in [0.15, 0.2) is 21.9 Å². The molecule has 3 atom stereocenters. The molecule has 1 saturated heterocycles. The maximum Gasteiger partial charge on any atom is 0.329 e. The fraction of sp³-hybridized carbons (Fsp3) is 0.500. The third kappa shape index (κ3) is 2.83. The molecular weight excluding hydrogens is 268 g/mol. The van der Waals surface area contributed by atoms with Crippen LogP contribution in [-0.4, -0.2) is 37.7 Å². The normalized spacial score (nSPS) is 27.2. The Morgan fingerprint density at radius 1 is 1.58 bits per heavy atom. The Kier molecular flexibility index (Phi) is 4.28. The highest BCUT2D eigenvalue weighted by Gasteiger charge is 2.34. The molecule has 7 heteroatoms. The van der Waals surface area contributed by atoms with Gasteiger partial charge in [-0.1, -0.05) is 12.2 Å². The Morgan fingerprint density at radius 3 is 2.89 bits per heavy atom. The molecule has 1 aliphatic rings. The summed E-state index contributed by atoms with van der Waals surface area (Å²) in [4.78, 5) is 25.6. The van der Waals surface area contributed by atoms with Gasteiger partial charge in [-0.3, -0.25) is 14.3 Å². The lowest BCUT2D eigenvalue weighted by atomic mass is 10.2. The second kappa shape index (κ2) is 5.77. The Balaban J connectivity index is 2.38. The van der Waals surface area contributed by atoms with Gasteiger partial charge in [0.15, 0.2) is 0 Å². The molecule has 0 aliphatic carbocycles. The lowest BCUT2D eigenvalue weighted by Gasteiger charge is -2.13. The number of aliphatic hydroxyl groups is 2. The number of allylic oxidation sites excluding steroid dienone is 1. The van der Waals surface area contributed by atoms with Gasteiger partial charge in [0.25, 0.3) is 5.56 Å². The number of aromatic amines is 1. The zero-order valence-corrected chi connectivity index (χ0v) is 11.3. The maximum absolute atomic E-state index is 11.8. The summed E-state index contributed by atoms with van der Waals surface area (Å²) in [5.74, 6) is 0. The smallest absolute Gasteiger partial charge is 0.329 e. The molecule has 1 fully saturated rings. The van der Waals surface area contributed by atoms with Crippen LogP contribution in [0.4, 0.5) is 0 Å². The van der Waals surface area contributed by atoms with Gasteiger partial charge in [-0.05, 0) is 6.92 Å². The van der Waals surface area contributed by atoms with Crippen LogP contribution in [-0.2, 0) is 0 Å². The molecule has 1 aromatic rings. The molecule has 2 heterocycles. The van der Waals surface area contributed by atoms with Crippen molar-refractivity contribution in [1.82, 2.24) is 9.55 Å². The molecule has 3 N–H and O–H groups in total. The summed E-state index contributed by atoms with van der Waals surface area (Å²) in [5, 5.41) is 18.3. The van der Waals surface area contributed by atoms with Crippen LogP contribution in [0.2, 0.25) is 0 Å². The summed E-state index contributed by atoms with van der Waals surface area (Å²) < 4.78 is 1.40. The van der Waals surface area contributed by atoms with Crippen molar-refractivity contribution in [3.8, 4) is 0 Å².